The Morgan fingerprint density at radius 2 is 2.06 bits per heavy atom. The van der Waals surface area contributed by atoms with Gasteiger partial charge in [-0.15, -0.1) is 0 Å². The molecule has 2 heterocycles. The van der Waals surface area contributed by atoms with Crippen LogP contribution in [0.5, 0.6) is 0 Å². The van der Waals surface area contributed by atoms with E-state index < -0.39 is 0 Å². The van der Waals surface area contributed by atoms with Gasteiger partial charge in [-0.3, -0.25) is 4.98 Å². The number of nitrogens with zero attached hydrogens (tertiary/aromatic N) is 2. The van der Waals surface area contributed by atoms with E-state index in [1.54, 1.807) is 11.3 Å². The highest BCUT2D eigenvalue weighted by Gasteiger charge is 2.11. The van der Waals surface area contributed by atoms with E-state index in [1.807, 2.05) is 31.6 Å². The molecule has 2 aromatic heterocycles. The van der Waals surface area contributed by atoms with Crippen LogP contribution in [0.4, 0.5) is 5.13 Å². The lowest BCUT2D eigenvalue weighted by Crippen LogP contribution is -1.89. The molecule has 0 fully saturated rings. The van der Waals surface area contributed by atoms with Crippen molar-refractivity contribution in [2.75, 3.05) is 12.4 Å². The molecule has 0 aliphatic heterocycles. The number of thiazole rings is 1. The van der Waals surface area contributed by atoms with Crippen LogP contribution in [-0.4, -0.2) is 17.0 Å². The number of anilines is 1. The lowest BCUT2D eigenvalue weighted by atomic mass is 10.1. The summed E-state index contributed by atoms with van der Waals surface area (Å²) in [5, 5.41) is 4.09. The Labute approximate surface area is 99.6 Å². The molecular formula is C12H15N3S. The van der Waals surface area contributed by atoms with E-state index in [4.69, 9.17) is 0 Å². The second-order valence-electron chi connectivity index (χ2n) is 3.53. The number of aromatic nitrogens is 2. The van der Waals surface area contributed by atoms with Crippen LogP contribution < -0.4 is 5.32 Å². The van der Waals surface area contributed by atoms with Gasteiger partial charge >= 0.3 is 0 Å². The summed E-state index contributed by atoms with van der Waals surface area (Å²) in [5.41, 5.74) is 2.39. The highest BCUT2D eigenvalue weighted by atomic mass is 32.1. The molecule has 0 radical (unpaired) electrons. The molecule has 0 atom stereocenters. The molecule has 2 aromatic rings. The molecule has 4 heteroatoms. The van der Waals surface area contributed by atoms with Crippen LogP contribution in [-0.2, 0) is 6.42 Å². The molecule has 84 valence electrons. The Hall–Kier alpha value is -1.42. The van der Waals surface area contributed by atoms with Crippen molar-refractivity contribution < 1.29 is 0 Å². The van der Waals surface area contributed by atoms with Gasteiger partial charge in [-0.1, -0.05) is 24.7 Å². The van der Waals surface area contributed by atoms with Crippen molar-refractivity contribution in [1.29, 1.82) is 0 Å². The van der Waals surface area contributed by atoms with E-state index in [0.29, 0.717) is 0 Å². The smallest absolute Gasteiger partial charge is 0.183 e. The fourth-order valence-electron chi connectivity index (χ4n) is 1.59. The number of pyridine rings is 1. The average molecular weight is 233 g/mol. The highest BCUT2D eigenvalue weighted by Crippen LogP contribution is 2.33. The van der Waals surface area contributed by atoms with E-state index in [-0.39, 0.29) is 0 Å². The Balaban J connectivity index is 2.42. The molecule has 3 nitrogen and oxygen atoms in total. The van der Waals surface area contributed by atoms with Gasteiger partial charge in [-0.2, -0.15) is 0 Å². The number of nitrogens with one attached hydrogen (secondary N) is 1. The first-order valence-electron chi connectivity index (χ1n) is 5.43. The number of hydrogen-bond donors (Lipinski definition) is 1. The molecule has 0 bridgehead atoms. The van der Waals surface area contributed by atoms with Gasteiger partial charge in [0.05, 0.1) is 10.6 Å². The minimum absolute atomic E-state index is 0.982. The highest BCUT2D eigenvalue weighted by molar-refractivity contribution is 7.19. The summed E-state index contributed by atoms with van der Waals surface area (Å²) in [4.78, 5) is 9.88. The largest absolute Gasteiger partial charge is 0.365 e. The van der Waals surface area contributed by atoms with Crippen LogP contribution in [0.3, 0.4) is 0 Å². The van der Waals surface area contributed by atoms with Gasteiger partial charge in [0.2, 0.25) is 0 Å². The van der Waals surface area contributed by atoms with Crippen LogP contribution in [0, 0.1) is 0 Å². The van der Waals surface area contributed by atoms with Gasteiger partial charge in [0.15, 0.2) is 5.13 Å². The van der Waals surface area contributed by atoms with E-state index in [9.17, 15) is 0 Å². The van der Waals surface area contributed by atoms with Crippen molar-refractivity contribution in [1.82, 2.24) is 9.97 Å². The molecule has 2 rings (SSSR count). The number of hydrogen-bond acceptors (Lipinski definition) is 4. The summed E-state index contributed by atoms with van der Waals surface area (Å²) in [6, 6.07) is 4.07. The Morgan fingerprint density at radius 3 is 2.69 bits per heavy atom. The van der Waals surface area contributed by atoms with E-state index >= 15 is 0 Å². The van der Waals surface area contributed by atoms with E-state index in [0.717, 1.165) is 18.0 Å². The molecular weight excluding hydrogens is 218 g/mol. The maximum absolute atomic E-state index is 4.58. The third kappa shape index (κ3) is 2.22. The predicted molar refractivity (Wildman–Crippen MR) is 68.9 cm³/mol. The molecule has 0 spiro atoms. The molecule has 16 heavy (non-hydrogen) atoms. The summed E-state index contributed by atoms with van der Waals surface area (Å²) in [5.74, 6) is 0. The summed E-state index contributed by atoms with van der Waals surface area (Å²) in [6.45, 7) is 2.18. The third-order valence-electron chi connectivity index (χ3n) is 2.34. The maximum atomic E-state index is 4.58. The molecule has 0 amide bonds. The zero-order chi connectivity index (χ0) is 11.4. The molecule has 0 aliphatic carbocycles. The van der Waals surface area contributed by atoms with Crippen LogP contribution in [0.2, 0.25) is 0 Å². The van der Waals surface area contributed by atoms with E-state index in [1.165, 1.54) is 16.1 Å². The molecule has 0 saturated carbocycles. The topological polar surface area (TPSA) is 37.8 Å². The lowest BCUT2D eigenvalue weighted by molar-refractivity contribution is 0.895. The fourth-order valence-corrected chi connectivity index (χ4v) is 2.56. The average Bonchev–Trinajstić information content (AvgIpc) is 2.74. The van der Waals surface area contributed by atoms with Gasteiger partial charge in [-0.05, 0) is 24.1 Å². The van der Waals surface area contributed by atoms with Gasteiger partial charge < -0.3 is 5.32 Å². The zero-order valence-electron chi connectivity index (χ0n) is 9.53. The first kappa shape index (κ1) is 11.1. The summed E-state index contributed by atoms with van der Waals surface area (Å²) in [7, 11) is 1.91. The standard InChI is InChI=1S/C12H15N3S/c1-3-4-10-11(16-12(13-2)15-10)9-5-7-14-8-6-9/h5-8H,3-4H2,1-2H3,(H,13,15). The SMILES string of the molecule is CCCc1nc(NC)sc1-c1ccncc1. The van der Waals surface area contributed by atoms with Crippen molar-refractivity contribution in [2.24, 2.45) is 0 Å². The van der Waals surface area contributed by atoms with Crippen molar-refractivity contribution in [3.8, 4) is 10.4 Å². The Morgan fingerprint density at radius 1 is 1.31 bits per heavy atom. The third-order valence-corrected chi connectivity index (χ3v) is 3.50. The second-order valence-corrected chi connectivity index (χ2v) is 4.53. The van der Waals surface area contributed by atoms with Gasteiger partial charge in [0.25, 0.3) is 0 Å². The molecule has 0 unspecified atom stereocenters. The fraction of sp³-hybridized carbons (Fsp3) is 0.333. The quantitative estimate of drug-likeness (QED) is 0.881. The molecule has 0 aliphatic rings. The summed E-state index contributed by atoms with van der Waals surface area (Å²) in [6.07, 6.45) is 5.79. The molecule has 1 N–H and O–H groups in total. The maximum Gasteiger partial charge on any atom is 0.183 e. The lowest BCUT2D eigenvalue weighted by Gasteiger charge is -1.99. The Bertz CT molecular complexity index is 451. The Kier molecular flexibility index (Phi) is 3.51. The van der Waals surface area contributed by atoms with Crippen LogP contribution >= 0.6 is 11.3 Å². The summed E-state index contributed by atoms with van der Waals surface area (Å²) >= 11 is 1.70. The zero-order valence-corrected chi connectivity index (χ0v) is 10.3. The summed E-state index contributed by atoms with van der Waals surface area (Å²) < 4.78 is 0. The molecule has 0 saturated heterocycles. The van der Waals surface area contributed by atoms with Gasteiger partial charge in [0.1, 0.15) is 0 Å². The minimum atomic E-state index is 0.982. The first-order chi connectivity index (χ1) is 7.85. The first-order valence-corrected chi connectivity index (χ1v) is 6.24. The van der Waals surface area contributed by atoms with Crippen molar-refractivity contribution in [3.05, 3.63) is 30.2 Å². The number of rotatable bonds is 4. The van der Waals surface area contributed by atoms with Crippen LogP contribution in [0.1, 0.15) is 19.0 Å². The number of aryl methyl sites for hydroxylation is 1. The normalized spacial score (nSPS) is 10.4. The second kappa shape index (κ2) is 5.07. The molecule has 0 aromatic carbocycles. The van der Waals surface area contributed by atoms with Gasteiger partial charge in [0, 0.05) is 19.4 Å². The van der Waals surface area contributed by atoms with Crippen molar-refractivity contribution >= 4 is 16.5 Å². The predicted octanol–water partition coefficient (Wildman–Crippen LogP) is 3.20. The monoisotopic (exact) mass is 233 g/mol. The minimum Gasteiger partial charge on any atom is -0.365 e. The van der Waals surface area contributed by atoms with Gasteiger partial charge in [-0.25, -0.2) is 4.98 Å². The van der Waals surface area contributed by atoms with Crippen LogP contribution in [0.15, 0.2) is 24.5 Å². The van der Waals surface area contributed by atoms with E-state index in [2.05, 4.69) is 22.2 Å². The van der Waals surface area contributed by atoms with Crippen molar-refractivity contribution in [2.45, 2.75) is 19.8 Å². The van der Waals surface area contributed by atoms with Crippen molar-refractivity contribution in [3.63, 3.8) is 0 Å². The van der Waals surface area contributed by atoms with Crippen LogP contribution in [0.25, 0.3) is 10.4 Å².